The van der Waals surface area contributed by atoms with E-state index in [4.69, 9.17) is 4.74 Å². The molecule has 0 aromatic rings. The summed E-state index contributed by atoms with van der Waals surface area (Å²) in [6, 6.07) is 0. The lowest BCUT2D eigenvalue weighted by molar-refractivity contribution is -0.166. The molecule has 0 aromatic heterocycles. The standard InChI is InChI=1S/C11H18F2O7S.C9H14F2O7S/c1-3-8(2)9(14)19-6-4-5-7-20-10(15)11(12,13)21(16,17)18;1-3-6(2)7(12)17-4-5-18-8(13)9(10,11)19(14,15)16/h8H,3-7H2,1-2H3,(H,16,17,18);6H,3-5H2,1-2H3,(H,14,15,16)/p-2. The number of hydrogen-bond acceptors (Lipinski definition) is 14. The minimum Gasteiger partial charge on any atom is -0.743 e. The van der Waals surface area contributed by atoms with Crippen LogP contribution in [0.5, 0.6) is 0 Å². The number of carbonyl (C=O) groups is 4. The van der Waals surface area contributed by atoms with Crippen molar-refractivity contribution in [2.45, 2.75) is 63.9 Å². The Labute approximate surface area is 228 Å². The van der Waals surface area contributed by atoms with Gasteiger partial charge in [0.15, 0.2) is 20.2 Å². The monoisotopic (exact) mass is 634 g/mol. The van der Waals surface area contributed by atoms with Crippen molar-refractivity contribution in [3.05, 3.63) is 0 Å². The maximum atomic E-state index is 12.7. The fraction of sp³-hybridized carbons (Fsp3) is 0.800. The molecule has 0 amide bonds. The number of carbonyl (C=O) groups excluding carboxylic acids is 4. The fourth-order valence-corrected chi connectivity index (χ4v) is 2.33. The molecule has 2 atom stereocenters. The Kier molecular flexibility index (Phi) is 17.1. The molecule has 2 unspecified atom stereocenters. The molecular weight excluding hydrogens is 604 g/mol. The third-order valence-electron chi connectivity index (χ3n) is 4.71. The van der Waals surface area contributed by atoms with Gasteiger partial charge in [0.25, 0.3) is 0 Å². The molecule has 0 aromatic carbocycles. The van der Waals surface area contributed by atoms with E-state index in [0.29, 0.717) is 12.8 Å². The number of alkyl halides is 4. The van der Waals surface area contributed by atoms with Crippen molar-refractivity contribution in [3.8, 4) is 0 Å². The summed E-state index contributed by atoms with van der Waals surface area (Å²) in [7, 11) is -12.2. The largest absolute Gasteiger partial charge is 0.743 e. The summed E-state index contributed by atoms with van der Waals surface area (Å²) >= 11 is 0. The van der Waals surface area contributed by atoms with Gasteiger partial charge >= 0.3 is 34.4 Å². The number of rotatable bonds is 16. The van der Waals surface area contributed by atoms with Crippen LogP contribution in [0.15, 0.2) is 0 Å². The van der Waals surface area contributed by atoms with E-state index in [1.54, 1.807) is 20.8 Å². The Morgan fingerprint density at radius 3 is 1.23 bits per heavy atom. The Hall–Kier alpha value is -2.58. The lowest BCUT2D eigenvalue weighted by Gasteiger charge is -2.18. The molecule has 0 saturated heterocycles. The minimum atomic E-state index is -6.14. The number of unbranched alkanes of at least 4 members (excludes halogenated alkanes) is 1. The van der Waals surface area contributed by atoms with Gasteiger partial charge in [0.1, 0.15) is 13.2 Å². The Balaban J connectivity index is 0. The number of hydrogen-bond donors (Lipinski definition) is 0. The number of halogens is 4. The van der Waals surface area contributed by atoms with Gasteiger partial charge in [-0.15, -0.1) is 0 Å². The van der Waals surface area contributed by atoms with E-state index >= 15 is 0 Å². The first kappa shape index (κ1) is 39.6. The summed E-state index contributed by atoms with van der Waals surface area (Å²) in [5, 5.41) is -10.3. The quantitative estimate of drug-likeness (QED) is 0.0768. The van der Waals surface area contributed by atoms with E-state index in [1.165, 1.54) is 0 Å². The number of ether oxygens (including phenoxy) is 4. The third-order valence-corrected chi connectivity index (χ3v) is 6.30. The van der Waals surface area contributed by atoms with E-state index in [1.807, 2.05) is 6.92 Å². The van der Waals surface area contributed by atoms with Crippen molar-refractivity contribution in [2.24, 2.45) is 11.8 Å². The van der Waals surface area contributed by atoms with Crippen LogP contribution in [0.25, 0.3) is 0 Å². The van der Waals surface area contributed by atoms with Gasteiger partial charge in [-0.3, -0.25) is 9.59 Å². The minimum absolute atomic E-state index is 0.0248. The molecule has 0 bridgehead atoms. The molecular formula is C20H30F4O14S2-2. The van der Waals surface area contributed by atoms with E-state index < -0.39 is 80.4 Å². The topological polar surface area (TPSA) is 220 Å². The van der Waals surface area contributed by atoms with Gasteiger partial charge in [-0.05, 0) is 25.7 Å². The average molecular weight is 635 g/mol. The van der Waals surface area contributed by atoms with Crippen LogP contribution in [-0.4, -0.2) is 86.8 Å². The predicted octanol–water partition coefficient (Wildman–Crippen LogP) is 1.29. The van der Waals surface area contributed by atoms with Gasteiger partial charge in [0.05, 0.1) is 25.0 Å². The highest BCUT2D eigenvalue weighted by atomic mass is 32.2. The summed E-state index contributed by atoms with van der Waals surface area (Å²) in [5.41, 5.74) is 0. The zero-order valence-electron chi connectivity index (χ0n) is 21.9. The van der Waals surface area contributed by atoms with Gasteiger partial charge in [0.2, 0.25) is 0 Å². The second-order valence-corrected chi connectivity index (χ2v) is 10.7. The molecule has 0 heterocycles. The average Bonchev–Trinajstić information content (AvgIpc) is 2.85. The van der Waals surface area contributed by atoms with Crippen molar-refractivity contribution >= 4 is 44.1 Å². The molecule has 0 spiro atoms. The van der Waals surface area contributed by atoms with E-state index in [9.17, 15) is 62.7 Å². The van der Waals surface area contributed by atoms with Gasteiger partial charge in [0, 0.05) is 0 Å². The highest BCUT2D eigenvalue weighted by Crippen LogP contribution is 2.23. The molecule has 20 heteroatoms. The summed E-state index contributed by atoms with van der Waals surface area (Å²) in [6.07, 6.45) is 1.44. The second kappa shape index (κ2) is 17.3. The Bertz CT molecular complexity index is 1060. The zero-order chi connectivity index (χ0) is 31.9. The van der Waals surface area contributed by atoms with Crippen LogP contribution in [0.1, 0.15) is 53.4 Å². The summed E-state index contributed by atoms with van der Waals surface area (Å²) in [6.45, 7) is 5.04. The van der Waals surface area contributed by atoms with Crippen molar-refractivity contribution < 1.29 is 81.6 Å². The van der Waals surface area contributed by atoms with Crippen molar-refractivity contribution in [3.63, 3.8) is 0 Å². The van der Waals surface area contributed by atoms with Crippen LogP contribution in [0, 0.1) is 11.8 Å². The normalized spacial score (nSPS) is 13.7. The van der Waals surface area contributed by atoms with Crippen LogP contribution >= 0.6 is 0 Å². The SMILES string of the molecule is CCC(C)C(=O)OCCCCOC(=O)C(F)(F)S(=O)(=O)[O-].CCC(C)C(=O)OCCOC(=O)C(F)(F)S(=O)(=O)[O-]. The summed E-state index contributed by atoms with van der Waals surface area (Å²) in [5.74, 6) is -6.56. The molecule has 236 valence electrons. The lowest BCUT2D eigenvalue weighted by atomic mass is 10.1. The maximum Gasteiger partial charge on any atom is 0.428 e. The zero-order valence-corrected chi connectivity index (χ0v) is 23.5. The first-order valence-corrected chi connectivity index (χ1v) is 14.2. The molecule has 0 rings (SSSR count). The van der Waals surface area contributed by atoms with Gasteiger partial charge in [-0.1, -0.05) is 27.7 Å². The van der Waals surface area contributed by atoms with E-state index in [0.717, 1.165) is 0 Å². The lowest BCUT2D eigenvalue weighted by Crippen LogP contribution is -2.39. The molecule has 0 aliphatic rings. The van der Waals surface area contributed by atoms with Crippen LogP contribution in [0.3, 0.4) is 0 Å². The highest BCUT2D eigenvalue weighted by molar-refractivity contribution is 7.87. The summed E-state index contributed by atoms with van der Waals surface area (Å²) < 4.78 is 128. The maximum absolute atomic E-state index is 12.7. The molecule has 14 nitrogen and oxygen atoms in total. The van der Waals surface area contributed by atoms with Crippen LogP contribution in [-0.2, 0) is 58.4 Å². The van der Waals surface area contributed by atoms with Crippen LogP contribution in [0.4, 0.5) is 17.6 Å². The van der Waals surface area contributed by atoms with Gasteiger partial charge in [-0.2, -0.15) is 17.6 Å². The Morgan fingerprint density at radius 1 is 0.625 bits per heavy atom. The molecule has 0 aliphatic carbocycles. The van der Waals surface area contributed by atoms with Gasteiger partial charge < -0.3 is 28.1 Å². The Morgan fingerprint density at radius 2 is 0.900 bits per heavy atom. The first-order chi connectivity index (χ1) is 18.1. The highest BCUT2D eigenvalue weighted by Gasteiger charge is 2.49. The summed E-state index contributed by atoms with van der Waals surface area (Å²) in [4.78, 5) is 43.8. The fourth-order valence-electron chi connectivity index (χ4n) is 1.81. The van der Waals surface area contributed by atoms with Crippen LogP contribution < -0.4 is 0 Å². The molecule has 40 heavy (non-hydrogen) atoms. The molecule has 0 radical (unpaired) electrons. The van der Waals surface area contributed by atoms with Crippen molar-refractivity contribution in [1.82, 2.24) is 0 Å². The van der Waals surface area contributed by atoms with E-state index in [-0.39, 0.29) is 25.4 Å². The predicted molar refractivity (Wildman–Crippen MR) is 121 cm³/mol. The third kappa shape index (κ3) is 13.7. The second-order valence-electron chi connectivity index (χ2n) is 7.87. The molecule has 0 N–H and O–H groups in total. The van der Waals surface area contributed by atoms with Crippen molar-refractivity contribution in [1.29, 1.82) is 0 Å². The first-order valence-electron chi connectivity index (χ1n) is 11.4. The van der Waals surface area contributed by atoms with E-state index in [2.05, 4.69) is 14.2 Å². The van der Waals surface area contributed by atoms with Crippen molar-refractivity contribution in [2.75, 3.05) is 26.4 Å². The smallest absolute Gasteiger partial charge is 0.428 e. The number of esters is 4. The van der Waals surface area contributed by atoms with Crippen LogP contribution in [0.2, 0.25) is 0 Å². The van der Waals surface area contributed by atoms with Gasteiger partial charge in [-0.25, -0.2) is 26.4 Å². The molecule has 0 saturated carbocycles. The molecule has 0 aliphatic heterocycles. The molecule has 0 fully saturated rings.